The minimum Gasteiger partial charge on any atom is -0.361 e. The number of fused-ring (bicyclic) bond motifs is 2. The van der Waals surface area contributed by atoms with Crippen LogP contribution in [0.4, 0.5) is 0 Å². The zero-order valence-electron chi connectivity index (χ0n) is 10.6. The first-order valence-electron chi connectivity index (χ1n) is 6.15. The van der Waals surface area contributed by atoms with E-state index >= 15 is 0 Å². The molecule has 0 aliphatic rings. The van der Waals surface area contributed by atoms with Gasteiger partial charge in [0.25, 0.3) is 0 Å². The van der Waals surface area contributed by atoms with Crippen LogP contribution in [-0.2, 0) is 7.05 Å². The lowest BCUT2D eigenvalue weighted by molar-refractivity contribution is 0.785. The van der Waals surface area contributed by atoms with Gasteiger partial charge in [0.15, 0.2) is 5.65 Å². The summed E-state index contributed by atoms with van der Waals surface area (Å²) >= 11 is 6.03. The van der Waals surface area contributed by atoms with E-state index in [-0.39, 0.29) is 5.28 Å². The fourth-order valence-electron chi connectivity index (χ4n) is 2.41. The van der Waals surface area contributed by atoms with Crippen molar-refractivity contribution in [2.75, 3.05) is 0 Å². The van der Waals surface area contributed by atoms with Crippen molar-refractivity contribution in [3.8, 4) is 11.3 Å². The molecule has 3 heterocycles. The highest BCUT2D eigenvalue weighted by Gasteiger charge is 2.12. The van der Waals surface area contributed by atoms with E-state index in [9.17, 15) is 0 Å². The molecule has 20 heavy (non-hydrogen) atoms. The van der Waals surface area contributed by atoms with Gasteiger partial charge in [-0.1, -0.05) is 12.1 Å². The summed E-state index contributed by atoms with van der Waals surface area (Å²) in [5, 5.41) is 6.50. The Morgan fingerprint density at radius 3 is 3.00 bits per heavy atom. The van der Waals surface area contributed by atoms with Crippen LogP contribution < -0.4 is 0 Å². The molecular formula is C14H10ClN5. The van der Waals surface area contributed by atoms with Gasteiger partial charge in [0, 0.05) is 24.3 Å². The molecule has 0 unspecified atom stereocenters. The topological polar surface area (TPSA) is 59.4 Å². The maximum absolute atomic E-state index is 6.03. The van der Waals surface area contributed by atoms with Gasteiger partial charge in [-0.15, -0.1) is 0 Å². The molecule has 4 aromatic rings. The SMILES string of the molecule is Cn1ncc2c(-c3ccc4cc[nH]c4c3)nc(Cl)nc21. The van der Waals surface area contributed by atoms with Gasteiger partial charge in [0.05, 0.1) is 17.3 Å². The highest BCUT2D eigenvalue weighted by atomic mass is 35.5. The molecule has 6 heteroatoms. The van der Waals surface area contributed by atoms with Gasteiger partial charge in [0.1, 0.15) is 0 Å². The van der Waals surface area contributed by atoms with E-state index in [2.05, 4.69) is 32.2 Å². The number of benzene rings is 1. The number of hydrogen-bond acceptors (Lipinski definition) is 3. The van der Waals surface area contributed by atoms with Crippen molar-refractivity contribution in [2.45, 2.75) is 0 Å². The molecule has 0 atom stereocenters. The van der Waals surface area contributed by atoms with Crippen LogP contribution in [-0.4, -0.2) is 24.7 Å². The number of H-pyrrole nitrogens is 1. The maximum Gasteiger partial charge on any atom is 0.225 e. The van der Waals surface area contributed by atoms with Crippen LogP contribution in [0.25, 0.3) is 33.2 Å². The predicted octanol–water partition coefficient (Wildman–Crippen LogP) is 3.17. The summed E-state index contributed by atoms with van der Waals surface area (Å²) < 4.78 is 1.69. The molecule has 1 N–H and O–H groups in total. The Kier molecular flexibility index (Phi) is 2.31. The molecule has 0 saturated heterocycles. The molecule has 0 aliphatic carbocycles. The van der Waals surface area contributed by atoms with Crippen molar-refractivity contribution in [3.63, 3.8) is 0 Å². The van der Waals surface area contributed by atoms with Gasteiger partial charge in [-0.3, -0.25) is 4.68 Å². The highest BCUT2D eigenvalue weighted by molar-refractivity contribution is 6.28. The largest absolute Gasteiger partial charge is 0.361 e. The Balaban J connectivity index is 2.05. The molecular weight excluding hydrogens is 274 g/mol. The number of aromatic nitrogens is 5. The standard InChI is InChI=1S/C14H10ClN5/c1-20-13-10(7-17-20)12(18-14(15)19-13)9-3-2-8-4-5-16-11(8)6-9/h2-7,16H,1H3. The van der Waals surface area contributed by atoms with E-state index < -0.39 is 0 Å². The lowest BCUT2D eigenvalue weighted by Gasteiger charge is -2.04. The number of rotatable bonds is 1. The van der Waals surface area contributed by atoms with Crippen LogP contribution in [0.2, 0.25) is 5.28 Å². The molecule has 0 amide bonds. The minimum absolute atomic E-state index is 0.225. The Morgan fingerprint density at radius 2 is 2.10 bits per heavy atom. The van der Waals surface area contributed by atoms with Crippen molar-refractivity contribution in [3.05, 3.63) is 41.9 Å². The first-order chi connectivity index (χ1) is 9.72. The number of aromatic amines is 1. The number of nitrogens with one attached hydrogen (secondary N) is 1. The van der Waals surface area contributed by atoms with Crippen LogP contribution >= 0.6 is 11.6 Å². The normalized spacial score (nSPS) is 11.5. The van der Waals surface area contributed by atoms with Crippen LogP contribution in [0, 0.1) is 0 Å². The van der Waals surface area contributed by atoms with Gasteiger partial charge in [-0.25, -0.2) is 4.98 Å². The van der Waals surface area contributed by atoms with E-state index in [4.69, 9.17) is 11.6 Å². The average Bonchev–Trinajstić information content (AvgIpc) is 3.04. The fourth-order valence-corrected chi connectivity index (χ4v) is 2.58. The first kappa shape index (κ1) is 11.4. The Morgan fingerprint density at radius 1 is 1.20 bits per heavy atom. The molecule has 98 valence electrons. The third-order valence-electron chi connectivity index (χ3n) is 3.39. The molecule has 0 aliphatic heterocycles. The van der Waals surface area contributed by atoms with Crippen molar-refractivity contribution < 1.29 is 0 Å². The maximum atomic E-state index is 6.03. The number of halogens is 1. The zero-order valence-corrected chi connectivity index (χ0v) is 11.4. The molecule has 0 radical (unpaired) electrons. The lowest BCUT2D eigenvalue weighted by Crippen LogP contribution is -1.95. The highest BCUT2D eigenvalue weighted by Crippen LogP contribution is 2.28. The molecule has 0 fully saturated rings. The van der Waals surface area contributed by atoms with Gasteiger partial charge >= 0.3 is 0 Å². The summed E-state index contributed by atoms with van der Waals surface area (Å²) in [6.07, 6.45) is 3.68. The smallest absolute Gasteiger partial charge is 0.225 e. The van der Waals surface area contributed by atoms with E-state index in [1.54, 1.807) is 10.9 Å². The van der Waals surface area contributed by atoms with E-state index in [0.29, 0.717) is 0 Å². The summed E-state index contributed by atoms with van der Waals surface area (Å²) in [7, 11) is 1.84. The summed E-state index contributed by atoms with van der Waals surface area (Å²) in [4.78, 5) is 11.8. The molecule has 0 saturated carbocycles. The van der Waals surface area contributed by atoms with Crippen LogP contribution in [0.1, 0.15) is 0 Å². The van der Waals surface area contributed by atoms with Gasteiger partial charge in [-0.2, -0.15) is 10.1 Å². The number of aryl methyl sites for hydroxylation is 1. The average molecular weight is 284 g/mol. The van der Waals surface area contributed by atoms with Crippen molar-refractivity contribution in [1.29, 1.82) is 0 Å². The van der Waals surface area contributed by atoms with Crippen molar-refractivity contribution in [2.24, 2.45) is 7.05 Å². The molecule has 5 nitrogen and oxygen atoms in total. The van der Waals surface area contributed by atoms with Crippen LogP contribution in [0.5, 0.6) is 0 Å². The van der Waals surface area contributed by atoms with Gasteiger partial charge < -0.3 is 4.98 Å². The van der Waals surface area contributed by atoms with Crippen LogP contribution in [0.15, 0.2) is 36.7 Å². The molecule has 1 aromatic carbocycles. The second-order valence-electron chi connectivity index (χ2n) is 4.63. The van der Waals surface area contributed by atoms with Gasteiger partial charge in [0.2, 0.25) is 5.28 Å². The first-order valence-corrected chi connectivity index (χ1v) is 6.53. The second kappa shape index (κ2) is 4.05. The molecule has 0 spiro atoms. The fraction of sp³-hybridized carbons (Fsp3) is 0.0714. The molecule has 0 bridgehead atoms. The van der Waals surface area contributed by atoms with E-state index in [0.717, 1.165) is 33.2 Å². The van der Waals surface area contributed by atoms with E-state index in [1.165, 1.54) is 0 Å². The Bertz CT molecular complexity index is 937. The summed E-state index contributed by atoms with van der Waals surface area (Å²) in [6, 6.07) is 8.17. The lowest BCUT2D eigenvalue weighted by atomic mass is 10.1. The second-order valence-corrected chi connectivity index (χ2v) is 4.96. The minimum atomic E-state index is 0.225. The number of nitrogens with zero attached hydrogens (tertiary/aromatic N) is 4. The van der Waals surface area contributed by atoms with E-state index in [1.807, 2.05) is 25.4 Å². The van der Waals surface area contributed by atoms with Gasteiger partial charge in [-0.05, 0) is 29.1 Å². The molecule has 3 aromatic heterocycles. The zero-order chi connectivity index (χ0) is 13.7. The molecule has 4 rings (SSSR count). The van der Waals surface area contributed by atoms with Crippen LogP contribution in [0.3, 0.4) is 0 Å². The Hall–Kier alpha value is -2.40. The predicted molar refractivity (Wildman–Crippen MR) is 78.6 cm³/mol. The number of hydrogen-bond donors (Lipinski definition) is 1. The quantitative estimate of drug-likeness (QED) is 0.546. The van der Waals surface area contributed by atoms with Crippen molar-refractivity contribution in [1.82, 2.24) is 24.7 Å². The van der Waals surface area contributed by atoms with Crippen molar-refractivity contribution >= 4 is 33.5 Å². The third kappa shape index (κ3) is 1.60. The third-order valence-corrected chi connectivity index (χ3v) is 3.56. The summed E-state index contributed by atoms with van der Waals surface area (Å²) in [5.41, 5.74) is 3.58. The monoisotopic (exact) mass is 283 g/mol. The Labute approximate surface area is 119 Å². The summed E-state index contributed by atoms with van der Waals surface area (Å²) in [6.45, 7) is 0. The summed E-state index contributed by atoms with van der Waals surface area (Å²) in [5.74, 6) is 0.